The van der Waals surface area contributed by atoms with Gasteiger partial charge < -0.3 is 28.3 Å². The number of nitrogens with zero attached hydrogens (tertiary/aromatic N) is 1. The number of unbranched alkanes of at least 4 members (excludes halogenated alkanes) is 10. The van der Waals surface area contributed by atoms with Gasteiger partial charge in [-0.3, -0.25) is 9.36 Å². The van der Waals surface area contributed by atoms with Crippen molar-refractivity contribution in [3.05, 3.63) is 24.3 Å². The number of likely N-dealkylation sites (N-methyl/N-ethyl adjacent to an activating group) is 1. The normalized spacial score (nSPS) is 14.9. The number of esters is 1. The van der Waals surface area contributed by atoms with Gasteiger partial charge in [-0.15, -0.1) is 0 Å². The molecule has 0 spiro atoms. The minimum absolute atomic E-state index is 0.0192. The number of carbonyl (C=O) groups is 1. The Labute approximate surface area is 226 Å². The average molecular weight is 548 g/mol. The summed E-state index contributed by atoms with van der Waals surface area (Å²) in [5.74, 6) is -0.518. The summed E-state index contributed by atoms with van der Waals surface area (Å²) in [6.07, 6.45) is 23.3. The Bertz CT molecular complexity index is 661. The van der Waals surface area contributed by atoms with E-state index in [1.54, 1.807) is 0 Å². The summed E-state index contributed by atoms with van der Waals surface area (Å²) >= 11 is 0. The smallest absolute Gasteiger partial charge is 0.306 e. The molecule has 37 heavy (non-hydrogen) atoms. The summed E-state index contributed by atoms with van der Waals surface area (Å²) in [6.45, 7) is 1.70. The Hall–Kier alpha value is -1.02. The monoisotopic (exact) mass is 547 g/mol. The van der Waals surface area contributed by atoms with Gasteiger partial charge >= 0.3 is 5.97 Å². The molecule has 0 fully saturated rings. The molecule has 0 heterocycles. The van der Waals surface area contributed by atoms with E-state index in [-0.39, 0.29) is 13.0 Å². The summed E-state index contributed by atoms with van der Waals surface area (Å²) in [5, 5.41) is 9.36. The Morgan fingerprint density at radius 1 is 0.892 bits per heavy atom. The van der Waals surface area contributed by atoms with Crippen LogP contribution < -0.4 is 4.89 Å². The first-order valence-electron chi connectivity index (χ1n) is 14.1. The van der Waals surface area contributed by atoms with Crippen LogP contribution in [0.3, 0.4) is 0 Å². The second kappa shape index (κ2) is 22.9. The van der Waals surface area contributed by atoms with Crippen LogP contribution in [0.4, 0.5) is 0 Å². The van der Waals surface area contributed by atoms with Gasteiger partial charge in [0.15, 0.2) is 0 Å². The number of hydrogen-bond donors (Lipinski definition) is 1. The number of allylic oxidation sites excluding steroid dienone is 4. The molecule has 0 aliphatic carbocycles. The lowest BCUT2D eigenvalue weighted by Gasteiger charge is -2.28. The molecule has 0 aromatic rings. The summed E-state index contributed by atoms with van der Waals surface area (Å²) < 4.78 is 27.0. The quantitative estimate of drug-likeness (QED) is 0.0514. The van der Waals surface area contributed by atoms with Crippen molar-refractivity contribution in [3.8, 4) is 0 Å². The first-order valence-corrected chi connectivity index (χ1v) is 15.6. The first-order chi connectivity index (χ1) is 17.6. The van der Waals surface area contributed by atoms with Crippen LogP contribution in [-0.4, -0.2) is 69.2 Å². The summed E-state index contributed by atoms with van der Waals surface area (Å²) in [4.78, 5) is 23.8. The number of rotatable bonds is 25. The minimum Gasteiger partial charge on any atom is -0.756 e. The van der Waals surface area contributed by atoms with Crippen molar-refractivity contribution in [3.63, 3.8) is 0 Å². The van der Waals surface area contributed by atoms with Gasteiger partial charge in [0.1, 0.15) is 19.3 Å². The highest BCUT2D eigenvalue weighted by atomic mass is 31.2. The largest absolute Gasteiger partial charge is 0.756 e. The molecule has 0 rings (SSSR count). The van der Waals surface area contributed by atoms with E-state index in [2.05, 4.69) is 19.1 Å². The SMILES string of the molecule is CCCCCCCCCCCC/C=C\C/C=C\CCC(=O)OC(CO)COP(=O)([O-])OCC[N+](C)(C)C. The van der Waals surface area contributed by atoms with Crippen LogP contribution in [0.25, 0.3) is 0 Å². The van der Waals surface area contributed by atoms with E-state index < -0.39 is 33.1 Å². The summed E-state index contributed by atoms with van der Waals surface area (Å²) in [7, 11) is 1.20. The van der Waals surface area contributed by atoms with Crippen LogP contribution >= 0.6 is 7.82 Å². The molecule has 218 valence electrons. The van der Waals surface area contributed by atoms with Crippen LogP contribution in [0.5, 0.6) is 0 Å². The molecule has 0 aliphatic heterocycles. The van der Waals surface area contributed by atoms with Gasteiger partial charge in [0.05, 0.1) is 34.4 Å². The molecule has 0 saturated heterocycles. The number of aliphatic hydroxyl groups excluding tert-OH is 1. The number of hydrogen-bond acceptors (Lipinski definition) is 7. The maximum Gasteiger partial charge on any atom is 0.306 e. The van der Waals surface area contributed by atoms with E-state index in [0.717, 1.165) is 12.8 Å². The second-order valence-electron chi connectivity index (χ2n) is 10.6. The van der Waals surface area contributed by atoms with E-state index in [1.807, 2.05) is 33.3 Å². The highest BCUT2D eigenvalue weighted by Gasteiger charge is 2.19. The van der Waals surface area contributed by atoms with Crippen LogP contribution in [0, 0.1) is 0 Å². The molecule has 0 amide bonds. The van der Waals surface area contributed by atoms with Crippen LogP contribution in [-0.2, 0) is 23.1 Å². The Balaban J connectivity index is 3.81. The molecule has 0 aliphatic rings. The fraction of sp³-hybridized carbons (Fsp3) is 0.821. The molecule has 0 aromatic heterocycles. The van der Waals surface area contributed by atoms with E-state index in [4.69, 9.17) is 13.8 Å². The molecule has 0 aromatic carbocycles. The number of carbonyl (C=O) groups excluding carboxylic acids is 1. The molecule has 0 saturated carbocycles. The molecule has 1 N–H and O–H groups in total. The van der Waals surface area contributed by atoms with Crippen molar-refractivity contribution in [1.82, 2.24) is 0 Å². The Morgan fingerprint density at radius 2 is 1.46 bits per heavy atom. The molecular weight excluding hydrogens is 493 g/mol. The molecule has 2 unspecified atom stereocenters. The highest BCUT2D eigenvalue weighted by molar-refractivity contribution is 7.45. The number of phosphoric ester groups is 1. The van der Waals surface area contributed by atoms with E-state index >= 15 is 0 Å². The van der Waals surface area contributed by atoms with Gasteiger partial charge in [-0.05, 0) is 25.7 Å². The maximum atomic E-state index is 12.0. The van der Waals surface area contributed by atoms with Gasteiger partial charge in [0, 0.05) is 6.42 Å². The molecular formula is C28H54NO7P. The number of ether oxygens (including phenoxy) is 1. The zero-order valence-electron chi connectivity index (χ0n) is 23.9. The van der Waals surface area contributed by atoms with Crippen LogP contribution in [0.1, 0.15) is 96.8 Å². The fourth-order valence-electron chi connectivity index (χ4n) is 3.46. The van der Waals surface area contributed by atoms with Crippen LogP contribution in [0.15, 0.2) is 24.3 Å². The summed E-state index contributed by atoms with van der Waals surface area (Å²) in [6, 6.07) is 0. The lowest BCUT2D eigenvalue weighted by molar-refractivity contribution is -0.870. The molecule has 8 nitrogen and oxygen atoms in total. The van der Waals surface area contributed by atoms with E-state index in [0.29, 0.717) is 17.4 Å². The van der Waals surface area contributed by atoms with E-state index in [9.17, 15) is 19.4 Å². The zero-order valence-corrected chi connectivity index (χ0v) is 24.8. The second-order valence-corrected chi connectivity index (χ2v) is 12.0. The van der Waals surface area contributed by atoms with Gasteiger partial charge in [-0.2, -0.15) is 0 Å². The van der Waals surface area contributed by atoms with E-state index in [1.165, 1.54) is 64.2 Å². The van der Waals surface area contributed by atoms with Crippen molar-refractivity contribution in [2.45, 2.75) is 103 Å². The zero-order chi connectivity index (χ0) is 27.8. The number of aliphatic hydroxyl groups is 1. The topological polar surface area (TPSA) is 105 Å². The first kappa shape index (κ1) is 36.0. The predicted molar refractivity (Wildman–Crippen MR) is 148 cm³/mol. The lowest BCUT2D eigenvalue weighted by atomic mass is 10.1. The minimum atomic E-state index is -4.52. The highest BCUT2D eigenvalue weighted by Crippen LogP contribution is 2.38. The maximum absolute atomic E-state index is 12.0. The Kier molecular flexibility index (Phi) is 22.3. The van der Waals surface area contributed by atoms with Gasteiger partial charge in [0.25, 0.3) is 7.82 Å². The molecule has 2 atom stereocenters. The van der Waals surface area contributed by atoms with Crippen LogP contribution in [0.2, 0.25) is 0 Å². The number of phosphoric acid groups is 1. The third-order valence-corrected chi connectivity index (χ3v) is 6.74. The van der Waals surface area contributed by atoms with Gasteiger partial charge in [-0.1, -0.05) is 89.0 Å². The third kappa shape index (κ3) is 26.4. The van der Waals surface area contributed by atoms with Gasteiger partial charge in [0.2, 0.25) is 0 Å². The third-order valence-electron chi connectivity index (χ3n) is 5.78. The Morgan fingerprint density at radius 3 is 2.03 bits per heavy atom. The lowest BCUT2D eigenvalue weighted by Crippen LogP contribution is -2.37. The van der Waals surface area contributed by atoms with Crippen molar-refractivity contribution in [2.75, 3.05) is 47.5 Å². The number of quaternary nitrogens is 1. The van der Waals surface area contributed by atoms with Crippen molar-refractivity contribution < 1.29 is 37.6 Å². The molecule has 0 radical (unpaired) electrons. The average Bonchev–Trinajstić information content (AvgIpc) is 2.82. The van der Waals surface area contributed by atoms with Crippen molar-refractivity contribution in [2.24, 2.45) is 0 Å². The molecule has 0 bridgehead atoms. The van der Waals surface area contributed by atoms with Crippen molar-refractivity contribution in [1.29, 1.82) is 0 Å². The fourth-order valence-corrected chi connectivity index (χ4v) is 4.19. The molecule has 9 heteroatoms. The van der Waals surface area contributed by atoms with Crippen molar-refractivity contribution >= 4 is 13.8 Å². The summed E-state index contributed by atoms with van der Waals surface area (Å²) in [5.41, 5.74) is 0. The standard InChI is InChI=1S/C28H54NO7P/c1-5-6-7-8-9-10-11-12-13-14-15-16-17-18-19-20-21-22-28(31)36-27(25-30)26-35-37(32,33)34-24-23-29(2,3)4/h16-17,19-20,27,30H,5-15,18,21-26H2,1-4H3/b17-16-,20-19-. The van der Waals surface area contributed by atoms with Gasteiger partial charge in [-0.25, -0.2) is 0 Å². The predicted octanol–water partition coefficient (Wildman–Crippen LogP) is 5.69.